The van der Waals surface area contributed by atoms with E-state index in [1.165, 1.54) is 11.3 Å². The van der Waals surface area contributed by atoms with Crippen LogP contribution in [0, 0.1) is 6.92 Å². The monoisotopic (exact) mass is 263 g/mol. The van der Waals surface area contributed by atoms with Crippen LogP contribution in [0.2, 0.25) is 0 Å². The first-order chi connectivity index (χ1) is 8.65. The zero-order valence-corrected chi connectivity index (χ0v) is 10.7. The lowest BCUT2D eigenvalue weighted by molar-refractivity contribution is -0.118. The van der Waals surface area contributed by atoms with Gasteiger partial charge in [-0.3, -0.25) is 10.1 Å². The van der Waals surface area contributed by atoms with E-state index in [1.807, 2.05) is 6.92 Å². The van der Waals surface area contributed by atoms with Crippen molar-refractivity contribution in [1.82, 2.24) is 4.98 Å². The molecule has 2 rings (SSSR count). The van der Waals surface area contributed by atoms with Gasteiger partial charge in [-0.2, -0.15) is 0 Å². The third kappa shape index (κ3) is 3.21. The quantitative estimate of drug-likeness (QED) is 0.828. The van der Waals surface area contributed by atoms with Crippen molar-refractivity contribution in [2.24, 2.45) is 0 Å². The van der Waals surface area contributed by atoms with Gasteiger partial charge in [0, 0.05) is 17.3 Å². The lowest BCUT2D eigenvalue weighted by Crippen LogP contribution is -2.20. The number of amides is 1. The zero-order valence-electron chi connectivity index (χ0n) is 9.84. The molecule has 1 heterocycles. The smallest absolute Gasteiger partial charge is 0.264 e. The Kier molecular flexibility index (Phi) is 3.78. The number of hydrogen-bond donors (Lipinski definition) is 2. The van der Waals surface area contributed by atoms with E-state index in [9.17, 15) is 4.79 Å². The molecule has 1 aromatic heterocycles. The predicted molar refractivity (Wildman–Crippen MR) is 71.8 cm³/mol. The minimum absolute atomic E-state index is 0.0513. The van der Waals surface area contributed by atoms with Crippen LogP contribution in [0.25, 0.3) is 0 Å². The van der Waals surface area contributed by atoms with Gasteiger partial charge in [0.05, 0.1) is 0 Å². The molecule has 0 aliphatic carbocycles. The number of hydrogen-bond acceptors (Lipinski definition) is 5. The van der Waals surface area contributed by atoms with Crippen molar-refractivity contribution in [1.29, 1.82) is 0 Å². The third-order valence-electron chi connectivity index (χ3n) is 2.24. The van der Waals surface area contributed by atoms with Crippen LogP contribution >= 0.6 is 11.3 Å². The molecule has 1 aromatic carbocycles. The number of carbonyl (C=O) groups is 1. The Hall–Kier alpha value is -2.08. The molecule has 0 aliphatic heterocycles. The van der Waals surface area contributed by atoms with Crippen LogP contribution in [0.3, 0.4) is 0 Å². The molecule has 0 atom stereocenters. The predicted octanol–water partition coefficient (Wildman–Crippen LogP) is 2.05. The number of aromatic nitrogens is 1. The molecule has 2 aromatic rings. The summed E-state index contributed by atoms with van der Waals surface area (Å²) < 4.78 is 5.41. The Morgan fingerprint density at radius 3 is 3.06 bits per heavy atom. The number of nitrogens with zero attached hydrogens (tertiary/aromatic N) is 1. The van der Waals surface area contributed by atoms with E-state index >= 15 is 0 Å². The average Bonchev–Trinajstić information content (AvgIpc) is 2.80. The van der Waals surface area contributed by atoms with Gasteiger partial charge in [0.2, 0.25) is 0 Å². The average molecular weight is 263 g/mol. The van der Waals surface area contributed by atoms with E-state index < -0.39 is 0 Å². The minimum atomic E-state index is -0.235. The number of ether oxygens (including phenoxy) is 1. The van der Waals surface area contributed by atoms with Crippen LogP contribution in [0.15, 0.2) is 29.8 Å². The molecule has 94 valence electrons. The summed E-state index contributed by atoms with van der Waals surface area (Å²) in [6, 6.07) is 5.29. The van der Waals surface area contributed by atoms with E-state index in [4.69, 9.17) is 10.5 Å². The number of nitrogen functional groups attached to an aromatic ring is 1. The summed E-state index contributed by atoms with van der Waals surface area (Å²) in [6.07, 6.45) is 1.63. The van der Waals surface area contributed by atoms with Crippen molar-refractivity contribution in [2.75, 3.05) is 17.7 Å². The second kappa shape index (κ2) is 5.50. The van der Waals surface area contributed by atoms with Gasteiger partial charge < -0.3 is 10.5 Å². The van der Waals surface area contributed by atoms with Crippen LogP contribution in [-0.2, 0) is 4.79 Å². The third-order valence-corrected chi connectivity index (χ3v) is 2.92. The topological polar surface area (TPSA) is 77.2 Å². The number of rotatable bonds is 4. The molecule has 0 saturated carbocycles. The highest BCUT2D eigenvalue weighted by atomic mass is 32.1. The summed E-state index contributed by atoms with van der Waals surface area (Å²) >= 11 is 1.36. The van der Waals surface area contributed by atoms with Crippen molar-refractivity contribution < 1.29 is 9.53 Å². The van der Waals surface area contributed by atoms with Gasteiger partial charge in [-0.15, -0.1) is 11.3 Å². The SMILES string of the molecule is Cc1cc(N)ccc1OCC(=O)Nc1nccs1. The molecule has 6 heteroatoms. The fraction of sp³-hybridized carbons (Fsp3) is 0.167. The van der Waals surface area contributed by atoms with E-state index in [0.29, 0.717) is 16.6 Å². The van der Waals surface area contributed by atoms with Crippen molar-refractivity contribution in [3.05, 3.63) is 35.3 Å². The summed E-state index contributed by atoms with van der Waals surface area (Å²) in [4.78, 5) is 15.5. The lowest BCUT2D eigenvalue weighted by atomic mass is 10.2. The van der Waals surface area contributed by atoms with Crippen molar-refractivity contribution >= 4 is 28.1 Å². The van der Waals surface area contributed by atoms with E-state index in [0.717, 1.165) is 5.56 Å². The van der Waals surface area contributed by atoms with E-state index in [-0.39, 0.29) is 12.5 Å². The number of carbonyl (C=O) groups excluding carboxylic acids is 1. The maximum Gasteiger partial charge on any atom is 0.264 e. The van der Waals surface area contributed by atoms with Crippen LogP contribution in [0.4, 0.5) is 10.8 Å². The van der Waals surface area contributed by atoms with E-state index in [1.54, 1.807) is 29.8 Å². The molecule has 3 N–H and O–H groups in total. The standard InChI is InChI=1S/C12H13N3O2S/c1-8-6-9(13)2-3-10(8)17-7-11(16)15-12-14-4-5-18-12/h2-6H,7,13H2,1H3,(H,14,15,16). The van der Waals surface area contributed by atoms with Gasteiger partial charge in [0.1, 0.15) is 5.75 Å². The van der Waals surface area contributed by atoms with Crippen LogP contribution in [-0.4, -0.2) is 17.5 Å². The van der Waals surface area contributed by atoms with Gasteiger partial charge in [0.25, 0.3) is 5.91 Å². The summed E-state index contributed by atoms with van der Waals surface area (Å²) in [7, 11) is 0. The second-order valence-corrected chi connectivity index (χ2v) is 4.59. The lowest BCUT2D eigenvalue weighted by Gasteiger charge is -2.09. The van der Waals surface area contributed by atoms with Crippen molar-refractivity contribution in [3.8, 4) is 5.75 Å². The normalized spacial score (nSPS) is 10.1. The summed E-state index contributed by atoms with van der Waals surface area (Å²) in [5, 5.41) is 5.00. The van der Waals surface area contributed by atoms with Crippen molar-refractivity contribution in [2.45, 2.75) is 6.92 Å². The number of anilines is 2. The molecule has 18 heavy (non-hydrogen) atoms. The Balaban J connectivity index is 1.89. The van der Waals surface area contributed by atoms with Gasteiger partial charge in [-0.1, -0.05) is 0 Å². The summed E-state index contributed by atoms with van der Waals surface area (Å²) in [5.74, 6) is 0.416. The number of benzene rings is 1. The highest BCUT2D eigenvalue weighted by Crippen LogP contribution is 2.20. The Labute approximate surface area is 109 Å². The van der Waals surface area contributed by atoms with Crippen LogP contribution in [0.5, 0.6) is 5.75 Å². The molecule has 0 radical (unpaired) electrons. The Morgan fingerprint density at radius 1 is 1.56 bits per heavy atom. The molecule has 0 saturated heterocycles. The largest absolute Gasteiger partial charge is 0.483 e. The number of aryl methyl sites for hydroxylation is 1. The molecule has 0 bridgehead atoms. The maximum atomic E-state index is 11.6. The van der Waals surface area contributed by atoms with Gasteiger partial charge >= 0.3 is 0 Å². The molecule has 0 unspecified atom stereocenters. The maximum absolute atomic E-state index is 11.6. The van der Waals surface area contributed by atoms with Crippen LogP contribution in [0.1, 0.15) is 5.56 Å². The number of nitrogens with two attached hydrogens (primary N) is 1. The molecular formula is C12H13N3O2S. The summed E-state index contributed by atoms with van der Waals surface area (Å²) in [6.45, 7) is 1.83. The Bertz CT molecular complexity index is 540. The molecule has 0 aliphatic rings. The molecule has 0 fully saturated rings. The fourth-order valence-corrected chi connectivity index (χ4v) is 1.96. The molecule has 0 spiro atoms. The first kappa shape index (κ1) is 12.4. The van der Waals surface area contributed by atoms with Gasteiger partial charge in [0.15, 0.2) is 11.7 Å². The fourth-order valence-electron chi connectivity index (χ4n) is 1.42. The second-order valence-electron chi connectivity index (χ2n) is 3.70. The molecule has 5 nitrogen and oxygen atoms in total. The number of thiazole rings is 1. The Morgan fingerprint density at radius 2 is 2.39 bits per heavy atom. The molecular weight excluding hydrogens is 250 g/mol. The molecule has 1 amide bonds. The van der Waals surface area contributed by atoms with Gasteiger partial charge in [-0.25, -0.2) is 4.98 Å². The van der Waals surface area contributed by atoms with Crippen LogP contribution < -0.4 is 15.8 Å². The van der Waals surface area contributed by atoms with E-state index in [2.05, 4.69) is 10.3 Å². The van der Waals surface area contributed by atoms with Crippen molar-refractivity contribution in [3.63, 3.8) is 0 Å². The first-order valence-corrected chi connectivity index (χ1v) is 6.21. The number of nitrogens with one attached hydrogen (secondary N) is 1. The highest BCUT2D eigenvalue weighted by molar-refractivity contribution is 7.13. The summed E-state index contributed by atoms with van der Waals surface area (Å²) in [5.41, 5.74) is 7.21. The highest BCUT2D eigenvalue weighted by Gasteiger charge is 2.06. The van der Waals surface area contributed by atoms with Gasteiger partial charge in [-0.05, 0) is 30.7 Å². The first-order valence-electron chi connectivity index (χ1n) is 5.33. The minimum Gasteiger partial charge on any atom is -0.483 e. The zero-order chi connectivity index (χ0) is 13.0.